The van der Waals surface area contributed by atoms with Crippen molar-refractivity contribution in [1.82, 2.24) is 0 Å². The van der Waals surface area contributed by atoms with Crippen molar-refractivity contribution in [1.29, 1.82) is 0 Å². The first kappa shape index (κ1) is 20.5. The highest BCUT2D eigenvalue weighted by atomic mass is 35.5. The van der Waals surface area contributed by atoms with Crippen LogP contribution in [0.4, 0.5) is 5.69 Å². The van der Waals surface area contributed by atoms with Crippen LogP contribution in [0.2, 0.25) is 10.0 Å². The molecule has 0 N–H and O–H groups in total. The molecule has 0 atom stereocenters. The highest BCUT2D eigenvalue weighted by Crippen LogP contribution is 2.38. The van der Waals surface area contributed by atoms with Gasteiger partial charge in [0.2, 0.25) is 0 Å². The van der Waals surface area contributed by atoms with Gasteiger partial charge in [-0.2, -0.15) is 4.99 Å². The third-order valence-electron chi connectivity index (χ3n) is 4.62. The predicted molar refractivity (Wildman–Crippen MR) is 114 cm³/mol. The zero-order chi connectivity index (χ0) is 19.2. The lowest BCUT2D eigenvalue weighted by atomic mass is 10.0. The molecule has 0 spiro atoms. The minimum absolute atomic E-state index is 0.302. The number of hydrogen-bond donors (Lipinski definition) is 0. The van der Waals surface area contributed by atoms with Gasteiger partial charge in [-0.05, 0) is 41.9 Å². The van der Waals surface area contributed by atoms with Crippen LogP contribution in [0.15, 0.2) is 41.4 Å². The van der Waals surface area contributed by atoms with E-state index in [2.05, 4.69) is 29.3 Å². The molecule has 1 heterocycles. The minimum Gasteiger partial charge on any atom is -0.348 e. The molecular formula is C21H21Cl2NO2S. The van der Waals surface area contributed by atoms with Gasteiger partial charge in [0, 0.05) is 11.5 Å². The Morgan fingerprint density at radius 2 is 1.70 bits per heavy atom. The first-order valence-electron chi connectivity index (χ1n) is 9.02. The fraction of sp³-hybridized carbons (Fsp3) is 0.381. The number of benzene rings is 2. The number of aliphatic imine (C=N–C) groups is 1. The molecule has 1 aliphatic rings. The fourth-order valence-corrected chi connectivity index (χ4v) is 3.78. The Kier molecular flexibility index (Phi) is 7.42. The third kappa shape index (κ3) is 5.17. The number of ether oxygens (including phenoxy) is 2. The molecule has 0 saturated carbocycles. The highest BCUT2D eigenvalue weighted by Gasteiger charge is 2.23. The number of isothiocyanates is 1. The van der Waals surface area contributed by atoms with E-state index >= 15 is 0 Å². The van der Waals surface area contributed by atoms with E-state index in [4.69, 9.17) is 32.7 Å². The molecule has 3 rings (SSSR count). The summed E-state index contributed by atoms with van der Waals surface area (Å²) in [5.41, 5.74) is 3.35. The number of halogens is 2. The average molecular weight is 422 g/mol. The van der Waals surface area contributed by atoms with Gasteiger partial charge in [0.25, 0.3) is 0 Å². The van der Waals surface area contributed by atoms with Crippen LogP contribution in [-0.4, -0.2) is 18.4 Å². The molecule has 6 heteroatoms. The van der Waals surface area contributed by atoms with Gasteiger partial charge in [-0.15, -0.1) is 0 Å². The van der Waals surface area contributed by atoms with E-state index in [9.17, 15) is 0 Å². The predicted octanol–water partition coefficient (Wildman–Crippen LogP) is 7.25. The van der Waals surface area contributed by atoms with Crippen molar-refractivity contribution in [3.8, 4) is 11.1 Å². The molecular weight excluding hydrogens is 401 g/mol. The zero-order valence-electron chi connectivity index (χ0n) is 15.1. The fourth-order valence-electron chi connectivity index (χ4n) is 3.11. The molecule has 0 unspecified atom stereocenters. The largest absolute Gasteiger partial charge is 0.348 e. The van der Waals surface area contributed by atoms with Crippen LogP contribution < -0.4 is 0 Å². The Balaban J connectivity index is 1.70. The van der Waals surface area contributed by atoms with Crippen molar-refractivity contribution in [2.45, 2.75) is 32.5 Å². The molecule has 0 aromatic heterocycles. The molecule has 0 amide bonds. The highest BCUT2D eigenvalue weighted by molar-refractivity contribution is 7.78. The number of nitrogens with zero attached hydrogens (tertiary/aromatic N) is 1. The summed E-state index contributed by atoms with van der Waals surface area (Å²) in [7, 11) is 0. The topological polar surface area (TPSA) is 30.8 Å². The first-order valence-corrected chi connectivity index (χ1v) is 10.2. The number of hydrogen-bond acceptors (Lipinski definition) is 4. The molecule has 0 bridgehead atoms. The number of thiocarbonyl (C=S) groups is 1. The van der Waals surface area contributed by atoms with Gasteiger partial charge in [-0.25, -0.2) is 0 Å². The van der Waals surface area contributed by atoms with E-state index in [1.807, 2.05) is 36.4 Å². The summed E-state index contributed by atoms with van der Waals surface area (Å²) < 4.78 is 11.8. The summed E-state index contributed by atoms with van der Waals surface area (Å²) in [6.07, 6.45) is 3.28. The van der Waals surface area contributed by atoms with Gasteiger partial charge in [0.05, 0.1) is 28.4 Å². The second-order valence-corrected chi connectivity index (χ2v) is 7.62. The lowest BCUT2D eigenvalue weighted by molar-refractivity contribution is -0.206. The molecule has 1 saturated heterocycles. The van der Waals surface area contributed by atoms with Crippen molar-refractivity contribution < 1.29 is 9.47 Å². The van der Waals surface area contributed by atoms with Gasteiger partial charge in [0.1, 0.15) is 5.69 Å². The summed E-state index contributed by atoms with van der Waals surface area (Å²) in [5, 5.41) is 3.18. The summed E-state index contributed by atoms with van der Waals surface area (Å²) >= 11 is 17.1. The molecule has 0 aliphatic carbocycles. The van der Waals surface area contributed by atoms with Crippen LogP contribution in [0.1, 0.15) is 38.0 Å². The van der Waals surface area contributed by atoms with Gasteiger partial charge >= 0.3 is 0 Å². The lowest BCUT2D eigenvalue weighted by Gasteiger charge is -2.29. The summed E-state index contributed by atoms with van der Waals surface area (Å²) in [6.45, 7) is 3.70. The molecule has 2 aromatic carbocycles. The van der Waals surface area contributed by atoms with Crippen molar-refractivity contribution in [2.75, 3.05) is 13.2 Å². The Morgan fingerprint density at radius 3 is 2.26 bits per heavy atom. The van der Waals surface area contributed by atoms with E-state index in [0.717, 1.165) is 36.3 Å². The SMILES string of the molecule is CCCCC1COC(c2ccc(-c3cc(Cl)c(N=C=S)c(Cl)c3)cc2)OC1. The maximum atomic E-state index is 6.26. The molecule has 0 radical (unpaired) electrons. The Morgan fingerprint density at radius 1 is 1.07 bits per heavy atom. The second kappa shape index (κ2) is 9.79. The summed E-state index contributed by atoms with van der Waals surface area (Å²) in [4.78, 5) is 3.91. The van der Waals surface area contributed by atoms with Crippen molar-refractivity contribution in [2.24, 2.45) is 10.9 Å². The average Bonchev–Trinajstić information content (AvgIpc) is 2.69. The van der Waals surface area contributed by atoms with E-state index in [0.29, 0.717) is 21.7 Å². The standard InChI is InChI=1S/C21H21Cl2NO2S/c1-2-3-4-14-11-25-21(26-12-14)16-7-5-15(6-8-16)17-9-18(22)20(24-13-27)19(23)10-17/h5-10,14,21H,2-4,11-12H2,1H3. The van der Waals surface area contributed by atoms with Crippen LogP contribution in [0, 0.1) is 5.92 Å². The zero-order valence-corrected chi connectivity index (χ0v) is 17.4. The van der Waals surface area contributed by atoms with Crippen LogP contribution in [0.5, 0.6) is 0 Å². The third-order valence-corrected chi connectivity index (χ3v) is 5.29. The molecule has 27 heavy (non-hydrogen) atoms. The van der Waals surface area contributed by atoms with E-state index in [1.54, 1.807) is 0 Å². The van der Waals surface area contributed by atoms with Crippen LogP contribution >= 0.6 is 35.4 Å². The maximum absolute atomic E-state index is 6.26. The van der Waals surface area contributed by atoms with Crippen molar-refractivity contribution >= 4 is 46.3 Å². The Bertz CT molecular complexity index is 804. The molecule has 142 valence electrons. The van der Waals surface area contributed by atoms with E-state index in [1.165, 1.54) is 12.8 Å². The van der Waals surface area contributed by atoms with Crippen LogP contribution in [0.3, 0.4) is 0 Å². The van der Waals surface area contributed by atoms with Gasteiger partial charge < -0.3 is 9.47 Å². The van der Waals surface area contributed by atoms with Gasteiger partial charge in [-0.3, -0.25) is 0 Å². The number of rotatable bonds is 6. The van der Waals surface area contributed by atoms with Crippen molar-refractivity contribution in [3.63, 3.8) is 0 Å². The Hall–Kier alpha value is -1.26. The smallest absolute Gasteiger partial charge is 0.183 e. The summed E-state index contributed by atoms with van der Waals surface area (Å²) in [5.74, 6) is 0.498. The first-order chi connectivity index (χ1) is 13.1. The summed E-state index contributed by atoms with van der Waals surface area (Å²) in [6, 6.07) is 11.7. The monoisotopic (exact) mass is 421 g/mol. The molecule has 3 nitrogen and oxygen atoms in total. The normalized spacial score (nSPS) is 19.5. The Labute approximate surface area is 175 Å². The van der Waals surface area contributed by atoms with E-state index in [-0.39, 0.29) is 6.29 Å². The van der Waals surface area contributed by atoms with Gasteiger partial charge in [-0.1, -0.05) is 67.2 Å². The quantitative estimate of drug-likeness (QED) is 0.363. The lowest BCUT2D eigenvalue weighted by Crippen LogP contribution is -2.27. The maximum Gasteiger partial charge on any atom is 0.183 e. The van der Waals surface area contributed by atoms with Crippen LogP contribution in [0.25, 0.3) is 11.1 Å². The minimum atomic E-state index is -0.302. The number of unbranched alkanes of at least 4 members (excludes halogenated alkanes) is 1. The van der Waals surface area contributed by atoms with Crippen molar-refractivity contribution in [3.05, 3.63) is 52.0 Å². The van der Waals surface area contributed by atoms with E-state index < -0.39 is 0 Å². The molecule has 1 fully saturated rings. The van der Waals surface area contributed by atoms with Crippen LogP contribution in [-0.2, 0) is 9.47 Å². The molecule has 1 aliphatic heterocycles. The van der Waals surface area contributed by atoms with Gasteiger partial charge in [0.15, 0.2) is 6.29 Å². The molecule has 2 aromatic rings. The second-order valence-electron chi connectivity index (χ2n) is 6.62.